The van der Waals surface area contributed by atoms with Crippen molar-refractivity contribution in [3.8, 4) is 9.88 Å². The van der Waals surface area contributed by atoms with Crippen molar-refractivity contribution >= 4 is 34.5 Å². The number of halogens is 1. The van der Waals surface area contributed by atoms with Crippen LogP contribution in [0.15, 0.2) is 48.0 Å². The highest BCUT2D eigenvalue weighted by atomic mass is 32.1. The molecule has 3 aromatic rings. The number of amides is 2. The average Bonchev–Trinajstić information content (AvgIpc) is 3.46. The summed E-state index contributed by atoms with van der Waals surface area (Å²) >= 11 is 3.01. The lowest BCUT2D eigenvalue weighted by molar-refractivity contribution is -0.126. The number of rotatable bonds is 6. The van der Waals surface area contributed by atoms with Gasteiger partial charge in [0.2, 0.25) is 5.91 Å². The maximum atomic E-state index is 13.7. The molecule has 0 saturated carbocycles. The quantitative estimate of drug-likeness (QED) is 0.620. The van der Waals surface area contributed by atoms with E-state index in [1.54, 1.807) is 40.6 Å². The van der Waals surface area contributed by atoms with Crippen molar-refractivity contribution in [2.45, 2.75) is 19.3 Å². The summed E-state index contributed by atoms with van der Waals surface area (Å²) in [6, 6.07) is 10.6. The molecule has 1 fully saturated rings. The number of carbonyl (C=O) groups is 2. The van der Waals surface area contributed by atoms with Gasteiger partial charge in [0.05, 0.1) is 11.1 Å². The molecule has 30 heavy (non-hydrogen) atoms. The fourth-order valence-corrected chi connectivity index (χ4v) is 5.24. The highest BCUT2D eigenvalue weighted by molar-refractivity contribution is 7.21. The third-order valence-corrected chi connectivity index (χ3v) is 7.28. The highest BCUT2D eigenvalue weighted by Crippen LogP contribution is 2.30. The molecule has 156 valence electrons. The molecule has 2 aromatic heterocycles. The Labute approximate surface area is 182 Å². The first kappa shape index (κ1) is 20.7. The lowest BCUT2D eigenvalue weighted by Crippen LogP contribution is -2.43. The van der Waals surface area contributed by atoms with Crippen molar-refractivity contribution in [1.82, 2.24) is 15.2 Å². The van der Waals surface area contributed by atoms with Gasteiger partial charge >= 0.3 is 0 Å². The van der Waals surface area contributed by atoms with Gasteiger partial charge in [-0.15, -0.1) is 22.7 Å². The van der Waals surface area contributed by atoms with Crippen LogP contribution in [-0.2, 0) is 11.2 Å². The second-order valence-corrected chi connectivity index (χ2v) is 9.18. The lowest BCUT2D eigenvalue weighted by Gasteiger charge is -2.31. The van der Waals surface area contributed by atoms with E-state index in [4.69, 9.17) is 0 Å². The van der Waals surface area contributed by atoms with Gasteiger partial charge < -0.3 is 10.2 Å². The van der Waals surface area contributed by atoms with E-state index >= 15 is 0 Å². The fourth-order valence-electron chi connectivity index (χ4n) is 3.55. The molecule has 1 aliphatic heterocycles. The van der Waals surface area contributed by atoms with E-state index < -0.39 is 0 Å². The standard InChI is InChI=1S/C22H22FN3O2S2/c23-17-5-2-1-4-15(17)7-10-24-20(27)16-8-11-26(12-9-16)22(28)19-14-25-21(30-19)18-6-3-13-29-18/h1-6,13-14,16H,7-12H2,(H,24,27). The molecule has 0 radical (unpaired) electrons. The van der Waals surface area contributed by atoms with Gasteiger partial charge in [0.25, 0.3) is 5.91 Å². The smallest absolute Gasteiger partial charge is 0.265 e. The number of likely N-dealkylation sites (tertiary alicyclic amines) is 1. The monoisotopic (exact) mass is 443 g/mol. The topological polar surface area (TPSA) is 62.3 Å². The highest BCUT2D eigenvalue weighted by Gasteiger charge is 2.28. The molecule has 3 heterocycles. The van der Waals surface area contributed by atoms with Crippen molar-refractivity contribution < 1.29 is 14.0 Å². The van der Waals surface area contributed by atoms with Crippen LogP contribution < -0.4 is 5.32 Å². The molecule has 0 bridgehead atoms. The maximum Gasteiger partial charge on any atom is 0.265 e. The zero-order chi connectivity index (χ0) is 20.9. The van der Waals surface area contributed by atoms with E-state index in [1.807, 2.05) is 17.5 Å². The zero-order valence-corrected chi connectivity index (χ0v) is 18.0. The molecule has 0 aliphatic carbocycles. The molecule has 2 amide bonds. The van der Waals surface area contributed by atoms with E-state index in [0.717, 1.165) is 9.88 Å². The Balaban J connectivity index is 1.25. The molecule has 1 saturated heterocycles. The molecular weight excluding hydrogens is 421 g/mol. The average molecular weight is 444 g/mol. The first-order valence-electron chi connectivity index (χ1n) is 9.92. The number of hydrogen-bond acceptors (Lipinski definition) is 5. The molecule has 4 rings (SSSR count). The molecule has 0 unspecified atom stereocenters. The van der Waals surface area contributed by atoms with Crippen molar-refractivity contribution in [1.29, 1.82) is 0 Å². The molecule has 1 N–H and O–H groups in total. The normalized spacial score (nSPS) is 14.6. The molecule has 0 atom stereocenters. The Morgan fingerprint density at radius 1 is 1.17 bits per heavy atom. The number of aromatic nitrogens is 1. The maximum absolute atomic E-state index is 13.7. The van der Waals surface area contributed by atoms with Gasteiger partial charge in [-0.2, -0.15) is 0 Å². The first-order chi connectivity index (χ1) is 14.6. The predicted molar refractivity (Wildman–Crippen MR) is 117 cm³/mol. The molecule has 1 aliphatic rings. The van der Waals surface area contributed by atoms with E-state index in [-0.39, 0.29) is 23.5 Å². The van der Waals surface area contributed by atoms with Crippen molar-refractivity contribution in [2.24, 2.45) is 5.92 Å². The summed E-state index contributed by atoms with van der Waals surface area (Å²) in [7, 11) is 0. The minimum Gasteiger partial charge on any atom is -0.356 e. The van der Waals surface area contributed by atoms with Gasteiger partial charge in [0.15, 0.2) is 0 Å². The van der Waals surface area contributed by atoms with Crippen LogP contribution >= 0.6 is 22.7 Å². The summed E-state index contributed by atoms with van der Waals surface area (Å²) in [6.07, 6.45) is 3.37. The number of carbonyl (C=O) groups excluding carboxylic acids is 2. The summed E-state index contributed by atoms with van der Waals surface area (Å²) in [5.74, 6) is -0.397. The van der Waals surface area contributed by atoms with E-state index in [2.05, 4.69) is 10.3 Å². The fraction of sp³-hybridized carbons (Fsp3) is 0.318. The number of benzene rings is 1. The van der Waals surface area contributed by atoms with Crippen LogP contribution in [0.4, 0.5) is 4.39 Å². The van der Waals surface area contributed by atoms with Gasteiger partial charge in [-0.25, -0.2) is 9.37 Å². The molecular formula is C22H22FN3O2S2. The molecule has 8 heteroatoms. The van der Waals surface area contributed by atoms with Crippen LogP contribution in [0.5, 0.6) is 0 Å². The summed E-state index contributed by atoms with van der Waals surface area (Å²) in [5, 5.41) is 5.76. The minimum atomic E-state index is -0.246. The molecule has 5 nitrogen and oxygen atoms in total. The summed E-state index contributed by atoms with van der Waals surface area (Å²) in [4.78, 5) is 33.1. The Kier molecular flexibility index (Phi) is 6.54. The summed E-state index contributed by atoms with van der Waals surface area (Å²) < 4.78 is 13.7. The van der Waals surface area contributed by atoms with Crippen molar-refractivity contribution in [3.63, 3.8) is 0 Å². The van der Waals surface area contributed by atoms with Crippen LogP contribution in [0.1, 0.15) is 28.1 Å². The number of hydrogen-bond donors (Lipinski definition) is 1. The Morgan fingerprint density at radius 3 is 2.70 bits per heavy atom. The summed E-state index contributed by atoms with van der Waals surface area (Å²) in [6.45, 7) is 1.51. The zero-order valence-electron chi connectivity index (χ0n) is 16.3. The number of thiazole rings is 1. The van der Waals surface area contributed by atoms with Gasteiger partial charge in [0, 0.05) is 25.6 Å². The number of piperidine rings is 1. The second-order valence-electron chi connectivity index (χ2n) is 7.21. The van der Waals surface area contributed by atoms with Gasteiger partial charge in [0.1, 0.15) is 15.7 Å². The SMILES string of the molecule is O=C(NCCc1ccccc1F)C1CCN(C(=O)c2cnc(-c3cccs3)s2)CC1. The van der Waals surface area contributed by atoms with E-state index in [9.17, 15) is 14.0 Å². The largest absolute Gasteiger partial charge is 0.356 e. The van der Waals surface area contributed by atoms with Crippen molar-refractivity contribution in [2.75, 3.05) is 19.6 Å². The lowest BCUT2D eigenvalue weighted by atomic mass is 9.95. The summed E-state index contributed by atoms with van der Waals surface area (Å²) in [5.41, 5.74) is 0.602. The van der Waals surface area contributed by atoms with Crippen LogP contribution in [-0.4, -0.2) is 41.3 Å². The first-order valence-corrected chi connectivity index (χ1v) is 11.6. The van der Waals surface area contributed by atoms with Gasteiger partial charge in [-0.3, -0.25) is 9.59 Å². The third-order valence-electron chi connectivity index (χ3n) is 5.25. The van der Waals surface area contributed by atoms with Crippen molar-refractivity contribution in [3.05, 3.63) is 64.2 Å². The molecule has 0 spiro atoms. The van der Waals surface area contributed by atoms with Crippen LogP contribution in [0.2, 0.25) is 0 Å². The van der Waals surface area contributed by atoms with Gasteiger partial charge in [-0.05, 0) is 42.3 Å². The Morgan fingerprint density at radius 2 is 1.97 bits per heavy atom. The third kappa shape index (κ3) is 4.76. The number of nitrogens with zero attached hydrogens (tertiary/aromatic N) is 2. The Hall–Kier alpha value is -2.58. The van der Waals surface area contributed by atoms with Crippen LogP contribution in [0, 0.1) is 11.7 Å². The Bertz CT molecular complexity index is 1010. The number of thiophene rings is 1. The second kappa shape index (κ2) is 9.49. The van der Waals surface area contributed by atoms with Crippen LogP contribution in [0.3, 0.4) is 0 Å². The number of nitrogens with one attached hydrogen (secondary N) is 1. The molecule has 1 aromatic carbocycles. The minimum absolute atomic E-state index is 0.0174. The predicted octanol–water partition coefficient (Wildman–Crippen LogP) is 4.22. The van der Waals surface area contributed by atoms with E-state index in [1.165, 1.54) is 17.4 Å². The van der Waals surface area contributed by atoms with Crippen LogP contribution in [0.25, 0.3) is 9.88 Å². The van der Waals surface area contributed by atoms with Gasteiger partial charge in [-0.1, -0.05) is 24.3 Å². The van der Waals surface area contributed by atoms with E-state index in [0.29, 0.717) is 49.3 Å².